The summed E-state index contributed by atoms with van der Waals surface area (Å²) in [7, 11) is 0. The fourth-order valence-corrected chi connectivity index (χ4v) is 2.62. The molecule has 2 unspecified atom stereocenters. The number of hydrogen-bond donors (Lipinski definition) is 3. The molecule has 17 heavy (non-hydrogen) atoms. The van der Waals surface area contributed by atoms with E-state index in [0.717, 1.165) is 12.8 Å². The second-order valence-electron chi connectivity index (χ2n) is 4.97. The highest BCUT2D eigenvalue weighted by molar-refractivity contribution is 5.89. The smallest absolute Gasteiger partial charge is 0.329 e. The summed E-state index contributed by atoms with van der Waals surface area (Å²) >= 11 is 0. The van der Waals surface area contributed by atoms with E-state index in [9.17, 15) is 14.7 Å². The molecule has 0 bridgehead atoms. The third-order valence-electron chi connectivity index (χ3n) is 3.68. The van der Waals surface area contributed by atoms with E-state index >= 15 is 0 Å². The van der Waals surface area contributed by atoms with Crippen molar-refractivity contribution in [1.82, 2.24) is 5.32 Å². The van der Waals surface area contributed by atoms with Gasteiger partial charge in [0.2, 0.25) is 5.91 Å². The highest BCUT2D eigenvalue weighted by Crippen LogP contribution is 2.31. The molecule has 2 aliphatic rings. The van der Waals surface area contributed by atoms with E-state index in [-0.39, 0.29) is 17.9 Å². The minimum Gasteiger partial charge on any atom is -0.480 e. The molecule has 5 nitrogen and oxygen atoms in total. The molecule has 94 valence electrons. The minimum absolute atomic E-state index is 0.0879. The zero-order chi connectivity index (χ0) is 12.5. The SMILES string of the molecule is NC1C=CC(C(=O)NC2(C(=O)O)CCCC2)C1. The molecule has 5 heteroatoms. The number of amides is 1. The van der Waals surface area contributed by atoms with Gasteiger partial charge < -0.3 is 16.2 Å². The van der Waals surface area contributed by atoms with Gasteiger partial charge in [-0.15, -0.1) is 0 Å². The Kier molecular flexibility index (Phi) is 3.19. The Morgan fingerprint density at radius 3 is 2.41 bits per heavy atom. The Morgan fingerprint density at radius 1 is 1.29 bits per heavy atom. The lowest BCUT2D eigenvalue weighted by Gasteiger charge is -2.26. The molecule has 1 saturated carbocycles. The van der Waals surface area contributed by atoms with Gasteiger partial charge in [0.05, 0.1) is 5.92 Å². The molecule has 0 aliphatic heterocycles. The maximum absolute atomic E-state index is 12.0. The summed E-state index contributed by atoms with van der Waals surface area (Å²) in [6.45, 7) is 0. The molecule has 0 aromatic carbocycles. The molecular formula is C12H18N2O3. The topological polar surface area (TPSA) is 92.4 Å². The third kappa shape index (κ3) is 2.34. The molecule has 2 rings (SSSR count). The van der Waals surface area contributed by atoms with Crippen LogP contribution in [0.1, 0.15) is 32.1 Å². The van der Waals surface area contributed by atoms with Crippen molar-refractivity contribution < 1.29 is 14.7 Å². The predicted molar refractivity (Wildman–Crippen MR) is 62.2 cm³/mol. The quantitative estimate of drug-likeness (QED) is 0.621. The van der Waals surface area contributed by atoms with Crippen LogP contribution >= 0.6 is 0 Å². The molecule has 0 radical (unpaired) electrons. The molecule has 1 amide bonds. The van der Waals surface area contributed by atoms with Crippen molar-refractivity contribution in [2.75, 3.05) is 0 Å². The monoisotopic (exact) mass is 238 g/mol. The van der Waals surface area contributed by atoms with E-state index in [1.54, 1.807) is 12.2 Å². The molecule has 0 spiro atoms. The standard InChI is InChI=1S/C12H18N2O3/c13-9-4-3-8(7-9)10(15)14-12(11(16)17)5-1-2-6-12/h3-4,8-9H,1-2,5-7,13H2,(H,14,15)(H,16,17). The van der Waals surface area contributed by atoms with Crippen LogP contribution in [0.5, 0.6) is 0 Å². The number of nitrogens with one attached hydrogen (secondary N) is 1. The van der Waals surface area contributed by atoms with Crippen molar-refractivity contribution in [2.45, 2.75) is 43.7 Å². The second kappa shape index (κ2) is 4.49. The molecule has 0 aromatic rings. The maximum atomic E-state index is 12.0. The van der Waals surface area contributed by atoms with E-state index in [0.29, 0.717) is 19.3 Å². The number of rotatable bonds is 3. The highest BCUT2D eigenvalue weighted by atomic mass is 16.4. The lowest BCUT2D eigenvalue weighted by molar-refractivity contribution is -0.147. The molecule has 1 fully saturated rings. The summed E-state index contributed by atoms with van der Waals surface area (Å²) in [4.78, 5) is 23.3. The van der Waals surface area contributed by atoms with Gasteiger partial charge in [0, 0.05) is 6.04 Å². The highest BCUT2D eigenvalue weighted by Gasteiger charge is 2.43. The zero-order valence-corrected chi connectivity index (χ0v) is 9.69. The lowest BCUT2D eigenvalue weighted by Crippen LogP contribution is -2.54. The first kappa shape index (κ1) is 12.1. The zero-order valence-electron chi connectivity index (χ0n) is 9.69. The number of carboxylic acid groups (broad SMARTS) is 1. The fourth-order valence-electron chi connectivity index (χ4n) is 2.62. The molecule has 0 heterocycles. The average Bonchev–Trinajstić information content (AvgIpc) is 2.87. The Hall–Kier alpha value is -1.36. The minimum atomic E-state index is -1.04. The molecule has 0 saturated heterocycles. The largest absolute Gasteiger partial charge is 0.480 e. The molecule has 2 atom stereocenters. The number of nitrogens with two attached hydrogens (primary N) is 1. The van der Waals surface area contributed by atoms with Crippen LogP contribution in [0.25, 0.3) is 0 Å². The maximum Gasteiger partial charge on any atom is 0.329 e. The van der Waals surface area contributed by atoms with Crippen LogP contribution in [-0.4, -0.2) is 28.6 Å². The number of carboxylic acids is 1. The Morgan fingerprint density at radius 2 is 1.94 bits per heavy atom. The lowest BCUT2D eigenvalue weighted by atomic mass is 9.96. The third-order valence-corrected chi connectivity index (χ3v) is 3.68. The van der Waals surface area contributed by atoms with Crippen LogP contribution in [0.4, 0.5) is 0 Å². The van der Waals surface area contributed by atoms with Crippen molar-refractivity contribution in [2.24, 2.45) is 11.7 Å². The van der Waals surface area contributed by atoms with E-state index in [2.05, 4.69) is 5.32 Å². The van der Waals surface area contributed by atoms with E-state index in [1.165, 1.54) is 0 Å². The summed E-state index contributed by atoms with van der Waals surface area (Å²) in [6.07, 6.45) is 6.89. The summed E-state index contributed by atoms with van der Waals surface area (Å²) in [5.74, 6) is -1.41. The van der Waals surface area contributed by atoms with Gasteiger partial charge in [-0.25, -0.2) is 4.79 Å². The molecular weight excluding hydrogens is 220 g/mol. The summed E-state index contributed by atoms with van der Waals surface area (Å²) in [5, 5.41) is 12.0. The van der Waals surface area contributed by atoms with Crippen molar-refractivity contribution in [1.29, 1.82) is 0 Å². The van der Waals surface area contributed by atoms with E-state index in [1.807, 2.05) is 0 Å². The summed E-state index contributed by atoms with van der Waals surface area (Å²) in [6, 6.07) is -0.0879. The first-order valence-electron chi connectivity index (χ1n) is 6.03. The summed E-state index contributed by atoms with van der Waals surface area (Å²) in [5.41, 5.74) is 4.64. The normalized spacial score (nSPS) is 30.4. The van der Waals surface area contributed by atoms with E-state index in [4.69, 9.17) is 5.73 Å². The first-order chi connectivity index (χ1) is 8.03. The number of carbonyl (C=O) groups excluding carboxylic acids is 1. The van der Waals surface area contributed by atoms with Crippen LogP contribution in [-0.2, 0) is 9.59 Å². The van der Waals surface area contributed by atoms with Crippen molar-refractivity contribution in [3.63, 3.8) is 0 Å². The van der Waals surface area contributed by atoms with E-state index < -0.39 is 11.5 Å². The summed E-state index contributed by atoms with van der Waals surface area (Å²) < 4.78 is 0. The number of carbonyl (C=O) groups is 2. The molecule has 4 N–H and O–H groups in total. The van der Waals surface area contributed by atoms with Crippen LogP contribution in [0.15, 0.2) is 12.2 Å². The van der Waals surface area contributed by atoms with Gasteiger partial charge in [0.1, 0.15) is 5.54 Å². The van der Waals surface area contributed by atoms with Gasteiger partial charge in [0.15, 0.2) is 0 Å². The molecule has 0 aromatic heterocycles. The first-order valence-corrected chi connectivity index (χ1v) is 6.03. The number of hydrogen-bond acceptors (Lipinski definition) is 3. The van der Waals surface area contributed by atoms with Gasteiger partial charge in [0.25, 0.3) is 0 Å². The van der Waals surface area contributed by atoms with Gasteiger partial charge >= 0.3 is 5.97 Å². The molecule has 2 aliphatic carbocycles. The van der Waals surface area contributed by atoms with Crippen LogP contribution in [0.2, 0.25) is 0 Å². The van der Waals surface area contributed by atoms with Gasteiger partial charge in [-0.2, -0.15) is 0 Å². The van der Waals surface area contributed by atoms with Crippen LogP contribution in [0.3, 0.4) is 0 Å². The van der Waals surface area contributed by atoms with Crippen LogP contribution < -0.4 is 11.1 Å². The Labute approximate surface area is 100 Å². The van der Waals surface area contributed by atoms with Crippen molar-refractivity contribution >= 4 is 11.9 Å². The Bertz CT molecular complexity index is 359. The Balaban J connectivity index is 2.02. The predicted octanol–water partition coefficient (Wildman–Crippen LogP) is 0.403. The second-order valence-corrected chi connectivity index (χ2v) is 4.97. The van der Waals surface area contributed by atoms with Crippen LogP contribution in [0, 0.1) is 5.92 Å². The van der Waals surface area contributed by atoms with Crippen molar-refractivity contribution in [3.8, 4) is 0 Å². The van der Waals surface area contributed by atoms with Gasteiger partial charge in [-0.1, -0.05) is 25.0 Å². The fraction of sp³-hybridized carbons (Fsp3) is 0.667. The van der Waals surface area contributed by atoms with Crippen molar-refractivity contribution in [3.05, 3.63) is 12.2 Å². The van der Waals surface area contributed by atoms with Gasteiger partial charge in [-0.3, -0.25) is 4.79 Å². The average molecular weight is 238 g/mol. The van der Waals surface area contributed by atoms with Gasteiger partial charge in [-0.05, 0) is 19.3 Å². The number of aliphatic carboxylic acids is 1.